The fourth-order valence-electron chi connectivity index (χ4n) is 1.72. The topological polar surface area (TPSA) is 46.5 Å². The van der Waals surface area contributed by atoms with Crippen LogP contribution in [0, 0.1) is 6.92 Å². The lowest BCUT2D eigenvalue weighted by atomic mass is 10.2. The lowest BCUT2D eigenvalue weighted by Crippen LogP contribution is -1.95. The molecule has 0 aliphatic carbocycles. The molecule has 0 radical (unpaired) electrons. The first-order valence-electron chi connectivity index (χ1n) is 6.11. The largest absolute Gasteiger partial charge is 0.332 e. The van der Waals surface area contributed by atoms with E-state index in [2.05, 4.69) is 0 Å². The molecule has 0 saturated carbocycles. The summed E-state index contributed by atoms with van der Waals surface area (Å²) >= 11 is 0. The van der Waals surface area contributed by atoms with Crippen LogP contribution in [0.5, 0.6) is 0 Å². The molecule has 0 fully saturated rings. The molecule has 1 unspecified atom stereocenters. The van der Waals surface area contributed by atoms with Gasteiger partial charge in [0.25, 0.3) is 0 Å². The van der Waals surface area contributed by atoms with E-state index in [0.29, 0.717) is 0 Å². The molecule has 2 rings (SSSR count). The Balaban J connectivity index is 1.94. The summed E-state index contributed by atoms with van der Waals surface area (Å²) in [5, 5.41) is 0. The SMILES string of the molecule is Cc1ccc(COP(=O)(O)Cc2ccccc2)cc1. The third kappa shape index (κ3) is 4.64. The van der Waals surface area contributed by atoms with Gasteiger partial charge in [0.05, 0.1) is 12.8 Å². The molecule has 0 saturated heterocycles. The van der Waals surface area contributed by atoms with E-state index in [1.807, 2.05) is 61.5 Å². The van der Waals surface area contributed by atoms with Crippen molar-refractivity contribution in [3.05, 3.63) is 71.3 Å². The minimum Gasteiger partial charge on any atom is -0.324 e. The molecule has 3 nitrogen and oxygen atoms in total. The molecule has 100 valence electrons. The van der Waals surface area contributed by atoms with Gasteiger partial charge < -0.3 is 9.42 Å². The molecule has 0 aromatic heterocycles. The van der Waals surface area contributed by atoms with Gasteiger partial charge in [0.2, 0.25) is 0 Å². The summed E-state index contributed by atoms with van der Waals surface area (Å²) in [6, 6.07) is 16.9. The zero-order valence-corrected chi connectivity index (χ0v) is 11.7. The maximum atomic E-state index is 12.0. The second kappa shape index (κ2) is 6.16. The zero-order valence-electron chi connectivity index (χ0n) is 10.8. The summed E-state index contributed by atoms with van der Waals surface area (Å²) in [5.41, 5.74) is 2.85. The minimum absolute atomic E-state index is 0.0414. The van der Waals surface area contributed by atoms with Gasteiger partial charge in [0.15, 0.2) is 0 Å². The molecule has 1 atom stereocenters. The van der Waals surface area contributed by atoms with Gasteiger partial charge in [0.1, 0.15) is 0 Å². The lowest BCUT2D eigenvalue weighted by Gasteiger charge is -2.12. The monoisotopic (exact) mass is 276 g/mol. The Labute approximate surface area is 113 Å². The fourth-order valence-corrected chi connectivity index (χ4v) is 2.83. The van der Waals surface area contributed by atoms with Crippen molar-refractivity contribution in [1.82, 2.24) is 0 Å². The van der Waals surface area contributed by atoms with Crippen molar-refractivity contribution in [3.63, 3.8) is 0 Å². The van der Waals surface area contributed by atoms with Gasteiger partial charge in [0, 0.05) is 0 Å². The molecule has 0 amide bonds. The number of aryl methyl sites for hydroxylation is 1. The van der Waals surface area contributed by atoms with Gasteiger partial charge in [-0.2, -0.15) is 0 Å². The molecule has 0 aliphatic heterocycles. The van der Waals surface area contributed by atoms with E-state index in [9.17, 15) is 9.46 Å². The van der Waals surface area contributed by atoms with Crippen molar-refractivity contribution in [3.8, 4) is 0 Å². The Morgan fingerprint density at radius 3 is 2.26 bits per heavy atom. The third-order valence-corrected chi connectivity index (χ3v) is 4.08. The number of hydrogen-bond acceptors (Lipinski definition) is 2. The Morgan fingerprint density at radius 2 is 1.63 bits per heavy atom. The average molecular weight is 276 g/mol. The smallest absolute Gasteiger partial charge is 0.324 e. The predicted octanol–water partition coefficient (Wildman–Crippen LogP) is 3.90. The molecular weight excluding hydrogens is 259 g/mol. The van der Waals surface area contributed by atoms with E-state index in [4.69, 9.17) is 4.52 Å². The van der Waals surface area contributed by atoms with E-state index >= 15 is 0 Å². The lowest BCUT2D eigenvalue weighted by molar-refractivity contribution is 0.249. The molecule has 0 spiro atoms. The summed E-state index contributed by atoms with van der Waals surface area (Å²) in [6.07, 6.45) is 0.0414. The van der Waals surface area contributed by atoms with Crippen molar-refractivity contribution < 1.29 is 14.0 Å². The summed E-state index contributed by atoms with van der Waals surface area (Å²) in [6.45, 7) is 2.15. The highest BCUT2D eigenvalue weighted by atomic mass is 31.2. The van der Waals surface area contributed by atoms with Crippen LogP contribution in [0.15, 0.2) is 54.6 Å². The van der Waals surface area contributed by atoms with Crippen LogP contribution < -0.4 is 0 Å². The van der Waals surface area contributed by atoms with Crippen LogP contribution in [0.4, 0.5) is 0 Å². The van der Waals surface area contributed by atoms with Crippen LogP contribution in [0.2, 0.25) is 0 Å². The van der Waals surface area contributed by atoms with E-state index < -0.39 is 7.60 Å². The Hall–Kier alpha value is -1.41. The second-order valence-electron chi connectivity index (χ2n) is 4.54. The van der Waals surface area contributed by atoms with Gasteiger partial charge in [-0.05, 0) is 18.1 Å². The molecule has 2 aromatic carbocycles. The van der Waals surface area contributed by atoms with E-state index in [-0.39, 0.29) is 12.8 Å². The molecule has 2 aromatic rings. The van der Waals surface area contributed by atoms with E-state index in [1.54, 1.807) is 0 Å². The van der Waals surface area contributed by atoms with Crippen LogP contribution in [0.1, 0.15) is 16.7 Å². The van der Waals surface area contributed by atoms with Crippen molar-refractivity contribution in [2.75, 3.05) is 0 Å². The maximum absolute atomic E-state index is 12.0. The van der Waals surface area contributed by atoms with Gasteiger partial charge in [-0.15, -0.1) is 0 Å². The maximum Gasteiger partial charge on any atom is 0.332 e. The standard InChI is InChI=1S/C15H17O3P/c1-13-7-9-14(10-8-13)11-18-19(16,17)12-15-5-3-2-4-6-15/h2-10H,11-12H2,1H3,(H,16,17). The van der Waals surface area contributed by atoms with Crippen LogP contribution >= 0.6 is 7.60 Å². The van der Waals surface area contributed by atoms with Gasteiger partial charge in [-0.1, -0.05) is 60.2 Å². The van der Waals surface area contributed by atoms with Crippen LogP contribution in [0.25, 0.3) is 0 Å². The third-order valence-electron chi connectivity index (χ3n) is 2.78. The minimum atomic E-state index is -3.59. The summed E-state index contributed by atoms with van der Waals surface area (Å²) in [7, 11) is -3.59. The molecular formula is C15H17O3P. The van der Waals surface area contributed by atoms with Crippen molar-refractivity contribution in [1.29, 1.82) is 0 Å². The zero-order chi connectivity index (χ0) is 13.7. The number of hydrogen-bond donors (Lipinski definition) is 1. The second-order valence-corrected chi connectivity index (χ2v) is 6.39. The molecule has 0 heterocycles. The average Bonchev–Trinajstić information content (AvgIpc) is 2.39. The van der Waals surface area contributed by atoms with Gasteiger partial charge in [-0.25, -0.2) is 0 Å². The summed E-state index contributed by atoms with van der Waals surface area (Å²) < 4.78 is 17.1. The fraction of sp³-hybridized carbons (Fsp3) is 0.200. The highest BCUT2D eigenvalue weighted by Crippen LogP contribution is 2.46. The Bertz CT molecular complexity index is 564. The van der Waals surface area contributed by atoms with Gasteiger partial charge >= 0.3 is 7.60 Å². The molecule has 4 heteroatoms. The van der Waals surface area contributed by atoms with E-state index in [0.717, 1.165) is 16.7 Å². The quantitative estimate of drug-likeness (QED) is 0.842. The normalized spacial score (nSPS) is 14.0. The molecule has 1 N–H and O–H groups in total. The van der Waals surface area contributed by atoms with Crippen molar-refractivity contribution in [2.45, 2.75) is 19.7 Å². The Morgan fingerprint density at radius 1 is 1.00 bits per heavy atom. The highest BCUT2D eigenvalue weighted by Gasteiger charge is 2.19. The summed E-state index contributed by atoms with van der Waals surface area (Å²) in [4.78, 5) is 9.82. The van der Waals surface area contributed by atoms with Crippen molar-refractivity contribution >= 4 is 7.60 Å². The predicted molar refractivity (Wildman–Crippen MR) is 75.9 cm³/mol. The van der Waals surface area contributed by atoms with Crippen LogP contribution in [-0.2, 0) is 21.9 Å². The van der Waals surface area contributed by atoms with Gasteiger partial charge in [-0.3, -0.25) is 4.57 Å². The number of rotatable bonds is 5. The number of benzene rings is 2. The first-order valence-corrected chi connectivity index (χ1v) is 7.87. The van der Waals surface area contributed by atoms with Crippen molar-refractivity contribution in [2.24, 2.45) is 0 Å². The first-order chi connectivity index (χ1) is 9.05. The molecule has 19 heavy (non-hydrogen) atoms. The Kier molecular flexibility index (Phi) is 4.54. The first kappa shape index (κ1) is 14.0. The summed E-state index contributed by atoms with van der Waals surface area (Å²) in [5.74, 6) is 0. The molecule has 0 aliphatic rings. The molecule has 0 bridgehead atoms. The van der Waals surface area contributed by atoms with E-state index in [1.165, 1.54) is 0 Å². The van der Waals surface area contributed by atoms with Crippen LogP contribution in [0.3, 0.4) is 0 Å². The highest BCUT2D eigenvalue weighted by molar-refractivity contribution is 7.51. The van der Waals surface area contributed by atoms with Crippen LogP contribution in [-0.4, -0.2) is 4.89 Å².